The summed E-state index contributed by atoms with van der Waals surface area (Å²) in [6, 6.07) is 8.34. The van der Waals surface area contributed by atoms with E-state index >= 15 is 0 Å². The van der Waals surface area contributed by atoms with Gasteiger partial charge in [-0.3, -0.25) is 4.79 Å². The zero-order valence-corrected chi connectivity index (χ0v) is 12.7. The highest BCUT2D eigenvalue weighted by atomic mass is 16.2. The molecule has 1 saturated heterocycles. The highest BCUT2D eigenvalue weighted by molar-refractivity contribution is 5.94. The van der Waals surface area contributed by atoms with Crippen molar-refractivity contribution in [3.63, 3.8) is 0 Å². The number of hydrogen-bond donors (Lipinski definition) is 1. The van der Waals surface area contributed by atoms with Crippen LogP contribution in [0, 0.1) is 0 Å². The van der Waals surface area contributed by atoms with Crippen molar-refractivity contribution in [3.8, 4) is 0 Å². The normalized spacial score (nSPS) is 20.2. The molecule has 1 aromatic carbocycles. The van der Waals surface area contributed by atoms with Gasteiger partial charge >= 0.3 is 0 Å². The van der Waals surface area contributed by atoms with Gasteiger partial charge in [0.15, 0.2) is 0 Å². The van der Waals surface area contributed by atoms with E-state index in [-0.39, 0.29) is 5.91 Å². The molecule has 1 heterocycles. The molecule has 1 atom stereocenters. The molecular weight excluding hydrogens is 250 g/mol. The van der Waals surface area contributed by atoms with Crippen LogP contribution in [0.4, 0.5) is 5.69 Å². The summed E-state index contributed by atoms with van der Waals surface area (Å²) >= 11 is 0. The summed E-state index contributed by atoms with van der Waals surface area (Å²) < 4.78 is 0. The predicted molar refractivity (Wildman–Crippen MR) is 83.2 cm³/mol. The first-order valence-corrected chi connectivity index (χ1v) is 7.33. The maximum atomic E-state index is 11.8. The van der Waals surface area contributed by atoms with Crippen LogP contribution in [0.15, 0.2) is 24.3 Å². The van der Waals surface area contributed by atoms with Gasteiger partial charge in [-0.2, -0.15) is 0 Å². The molecule has 20 heavy (non-hydrogen) atoms. The summed E-state index contributed by atoms with van der Waals surface area (Å²) in [5.74, 6) is 0.0487. The molecule has 1 aliphatic heterocycles. The van der Waals surface area contributed by atoms with Gasteiger partial charge in [-0.1, -0.05) is 0 Å². The monoisotopic (exact) mass is 275 g/mol. The maximum absolute atomic E-state index is 11.8. The van der Waals surface area contributed by atoms with Crippen molar-refractivity contribution in [3.05, 3.63) is 29.8 Å². The Bertz CT molecular complexity index is 442. The molecule has 1 N–H and O–H groups in total. The Morgan fingerprint density at radius 2 is 1.90 bits per heavy atom. The van der Waals surface area contributed by atoms with E-state index in [1.807, 2.05) is 24.3 Å². The standard InChI is InChI=1S/C16H25N3O/c1-18(2)16(20)13-6-8-15(9-7-13)17-14-5-4-11-19(3)12-10-14/h6-9,14,17H,4-5,10-12H2,1-3H3. The third kappa shape index (κ3) is 3.97. The van der Waals surface area contributed by atoms with Crippen LogP contribution >= 0.6 is 0 Å². The van der Waals surface area contributed by atoms with Gasteiger partial charge < -0.3 is 15.1 Å². The molecule has 4 nitrogen and oxygen atoms in total. The Morgan fingerprint density at radius 3 is 2.55 bits per heavy atom. The third-order valence-electron chi connectivity index (χ3n) is 3.86. The zero-order chi connectivity index (χ0) is 14.5. The van der Waals surface area contributed by atoms with Gasteiger partial charge in [-0.25, -0.2) is 0 Å². The molecule has 0 saturated carbocycles. The van der Waals surface area contributed by atoms with Crippen molar-refractivity contribution >= 4 is 11.6 Å². The number of hydrogen-bond acceptors (Lipinski definition) is 3. The van der Waals surface area contributed by atoms with Crippen LogP contribution in [0.5, 0.6) is 0 Å². The Balaban J connectivity index is 1.95. The first kappa shape index (κ1) is 14.9. The van der Waals surface area contributed by atoms with Crippen LogP contribution in [-0.2, 0) is 0 Å². The van der Waals surface area contributed by atoms with Crippen molar-refractivity contribution in [1.29, 1.82) is 0 Å². The summed E-state index contributed by atoms with van der Waals surface area (Å²) in [6.45, 7) is 2.34. The van der Waals surface area contributed by atoms with Gasteiger partial charge in [0.2, 0.25) is 0 Å². The molecule has 1 aliphatic rings. The van der Waals surface area contributed by atoms with Gasteiger partial charge in [-0.15, -0.1) is 0 Å². The van der Waals surface area contributed by atoms with Crippen molar-refractivity contribution < 1.29 is 4.79 Å². The summed E-state index contributed by atoms with van der Waals surface area (Å²) in [5.41, 5.74) is 1.84. The van der Waals surface area contributed by atoms with E-state index < -0.39 is 0 Å². The lowest BCUT2D eigenvalue weighted by atomic mass is 10.1. The summed E-state index contributed by atoms with van der Waals surface area (Å²) in [5, 5.41) is 3.59. The highest BCUT2D eigenvalue weighted by Gasteiger charge is 2.14. The van der Waals surface area contributed by atoms with Crippen molar-refractivity contribution in [2.75, 3.05) is 39.5 Å². The van der Waals surface area contributed by atoms with Crippen LogP contribution in [0.25, 0.3) is 0 Å². The minimum Gasteiger partial charge on any atom is -0.382 e. The molecule has 0 radical (unpaired) electrons. The second-order valence-corrected chi connectivity index (χ2v) is 5.85. The third-order valence-corrected chi connectivity index (χ3v) is 3.86. The number of likely N-dealkylation sites (tertiary alicyclic amines) is 1. The molecular formula is C16H25N3O. The fourth-order valence-corrected chi connectivity index (χ4v) is 2.59. The van der Waals surface area contributed by atoms with E-state index in [2.05, 4.69) is 17.3 Å². The number of nitrogens with zero attached hydrogens (tertiary/aromatic N) is 2. The fraction of sp³-hybridized carbons (Fsp3) is 0.562. The van der Waals surface area contributed by atoms with Crippen LogP contribution in [0.2, 0.25) is 0 Å². The number of carbonyl (C=O) groups excluding carboxylic acids is 1. The molecule has 4 heteroatoms. The van der Waals surface area contributed by atoms with Gasteiger partial charge in [0.05, 0.1) is 0 Å². The zero-order valence-electron chi connectivity index (χ0n) is 12.7. The Hall–Kier alpha value is -1.55. The van der Waals surface area contributed by atoms with Gasteiger partial charge in [0, 0.05) is 31.4 Å². The number of anilines is 1. The minimum absolute atomic E-state index is 0.0487. The first-order chi connectivity index (χ1) is 9.56. The molecule has 0 bridgehead atoms. The lowest BCUT2D eigenvalue weighted by molar-refractivity contribution is 0.0827. The van der Waals surface area contributed by atoms with Crippen LogP contribution < -0.4 is 5.32 Å². The van der Waals surface area contributed by atoms with Crippen LogP contribution in [-0.4, -0.2) is 56.0 Å². The summed E-state index contributed by atoms with van der Waals surface area (Å²) in [6.07, 6.45) is 3.63. The van der Waals surface area contributed by atoms with E-state index in [0.29, 0.717) is 6.04 Å². The highest BCUT2D eigenvalue weighted by Crippen LogP contribution is 2.17. The molecule has 1 amide bonds. The average Bonchev–Trinajstić information content (AvgIpc) is 2.64. The molecule has 1 unspecified atom stereocenters. The second-order valence-electron chi connectivity index (χ2n) is 5.85. The van der Waals surface area contributed by atoms with E-state index in [4.69, 9.17) is 0 Å². The Morgan fingerprint density at radius 1 is 1.20 bits per heavy atom. The van der Waals surface area contributed by atoms with Crippen molar-refractivity contribution in [2.24, 2.45) is 0 Å². The van der Waals surface area contributed by atoms with Crippen LogP contribution in [0.3, 0.4) is 0 Å². The number of rotatable bonds is 3. The van der Waals surface area contributed by atoms with Crippen molar-refractivity contribution in [2.45, 2.75) is 25.3 Å². The number of carbonyl (C=O) groups is 1. The lowest BCUT2D eigenvalue weighted by Crippen LogP contribution is -2.23. The molecule has 110 valence electrons. The topological polar surface area (TPSA) is 35.6 Å². The van der Waals surface area contributed by atoms with E-state index in [0.717, 1.165) is 17.8 Å². The summed E-state index contributed by atoms with van der Waals surface area (Å²) in [7, 11) is 5.73. The van der Waals surface area contributed by atoms with Gasteiger partial charge in [-0.05, 0) is 63.7 Å². The molecule has 0 aliphatic carbocycles. The van der Waals surface area contributed by atoms with Crippen LogP contribution in [0.1, 0.15) is 29.6 Å². The smallest absolute Gasteiger partial charge is 0.253 e. The number of benzene rings is 1. The molecule has 1 fully saturated rings. The SMILES string of the molecule is CN1CCCC(Nc2ccc(C(=O)N(C)C)cc2)CC1. The quantitative estimate of drug-likeness (QED) is 0.919. The fourth-order valence-electron chi connectivity index (χ4n) is 2.59. The minimum atomic E-state index is 0.0487. The largest absolute Gasteiger partial charge is 0.382 e. The predicted octanol–water partition coefficient (Wildman–Crippen LogP) is 2.28. The lowest BCUT2D eigenvalue weighted by Gasteiger charge is -2.18. The Kier molecular flexibility index (Phi) is 5.01. The molecule has 1 aromatic rings. The second kappa shape index (κ2) is 6.75. The van der Waals surface area contributed by atoms with E-state index in [1.165, 1.54) is 25.8 Å². The van der Waals surface area contributed by atoms with E-state index in [1.54, 1.807) is 19.0 Å². The number of nitrogens with one attached hydrogen (secondary N) is 1. The average molecular weight is 275 g/mol. The molecule has 0 spiro atoms. The first-order valence-electron chi connectivity index (χ1n) is 7.33. The number of amides is 1. The van der Waals surface area contributed by atoms with E-state index in [9.17, 15) is 4.79 Å². The van der Waals surface area contributed by atoms with Gasteiger partial charge in [0.1, 0.15) is 0 Å². The van der Waals surface area contributed by atoms with Crippen molar-refractivity contribution in [1.82, 2.24) is 9.80 Å². The molecule has 0 aromatic heterocycles. The molecule has 2 rings (SSSR count). The Labute approximate surface area is 121 Å². The van der Waals surface area contributed by atoms with Gasteiger partial charge in [0.25, 0.3) is 5.91 Å². The maximum Gasteiger partial charge on any atom is 0.253 e. The summed E-state index contributed by atoms with van der Waals surface area (Å²) in [4.78, 5) is 15.8.